The molecule has 0 aromatic heterocycles. The summed E-state index contributed by atoms with van der Waals surface area (Å²) in [6.45, 7) is 0.156. The molecule has 0 spiro atoms. The van der Waals surface area contributed by atoms with E-state index in [-0.39, 0.29) is 63.2 Å². The van der Waals surface area contributed by atoms with Crippen LogP contribution in [0.25, 0.3) is 0 Å². The molecule has 3 aliphatic carbocycles. The predicted octanol–water partition coefficient (Wildman–Crippen LogP) is 3.46. The molecule has 7 rings (SSSR count). The quantitative estimate of drug-likeness (QED) is 0.498. The molecule has 0 saturated heterocycles. The van der Waals surface area contributed by atoms with Crippen LogP contribution in [-0.4, -0.2) is 49.9 Å². The highest BCUT2D eigenvalue weighted by Gasteiger charge is 2.55. The molecule has 2 fully saturated rings. The van der Waals surface area contributed by atoms with Gasteiger partial charge < -0.3 is 15.3 Å². The summed E-state index contributed by atoms with van der Waals surface area (Å²) in [5.41, 5.74) is 0.975. The van der Waals surface area contributed by atoms with Crippen molar-refractivity contribution in [3.8, 4) is 0 Å². The number of nitrogens with zero attached hydrogens (tertiary/aromatic N) is 2. The van der Waals surface area contributed by atoms with Crippen molar-refractivity contribution in [1.29, 1.82) is 0 Å². The van der Waals surface area contributed by atoms with Gasteiger partial charge in [-0.15, -0.1) is 4.40 Å². The lowest BCUT2D eigenvalue weighted by Gasteiger charge is -2.42. The van der Waals surface area contributed by atoms with Crippen molar-refractivity contribution in [3.63, 3.8) is 0 Å². The summed E-state index contributed by atoms with van der Waals surface area (Å²) >= 11 is 0. The number of fused-ring (bicyclic) bond motifs is 6. The maximum Gasteiger partial charge on any atom is 0.286 e. The fourth-order valence-corrected chi connectivity index (χ4v) is 9.41. The van der Waals surface area contributed by atoms with Crippen LogP contribution in [0.5, 0.6) is 0 Å². The number of aliphatic hydroxyl groups is 1. The largest absolute Gasteiger partial charge is 0.511 e. The molecular formula is C28H26FN3O6S2. The molecule has 4 atom stereocenters. The molecule has 2 saturated carbocycles. The van der Waals surface area contributed by atoms with Gasteiger partial charge in [-0.25, -0.2) is 12.8 Å². The van der Waals surface area contributed by atoms with Crippen molar-refractivity contribution < 1.29 is 31.1 Å². The molecule has 208 valence electrons. The van der Waals surface area contributed by atoms with Gasteiger partial charge >= 0.3 is 0 Å². The first-order valence-electron chi connectivity index (χ1n) is 13.2. The summed E-state index contributed by atoms with van der Waals surface area (Å²) in [6.07, 6.45) is 6.06. The number of allylic oxidation sites excluding steroid dienone is 1. The smallest absolute Gasteiger partial charge is 0.286 e. The minimum atomic E-state index is -4.32. The number of halogens is 1. The van der Waals surface area contributed by atoms with Gasteiger partial charge in [-0.3, -0.25) is 4.79 Å². The molecule has 2 N–H and O–H groups in total. The molecule has 2 heterocycles. The van der Waals surface area contributed by atoms with E-state index >= 15 is 0 Å². The van der Waals surface area contributed by atoms with Crippen molar-refractivity contribution in [3.05, 3.63) is 82.9 Å². The number of benzene rings is 2. The number of carbonyl (C=O) groups excluding carboxylic acids is 1. The Morgan fingerprint density at radius 1 is 1.05 bits per heavy atom. The van der Waals surface area contributed by atoms with Crippen molar-refractivity contribution in [2.75, 3.05) is 5.32 Å². The molecule has 9 nitrogen and oxygen atoms in total. The number of rotatable bonds is 6. The Labute approximate surface area is 231 Å². The maximum absolute atomic E-state index is 14.0. The standard InChI is InChI=1S/C28H26FN3O6S2/c29-19-6-1-15(2-7-19)13-32-25-18-5-4-17(12-18)23(25)26(33)24(28(32)34)27-30-21-10-3-16(11-22(21)40(37,38)31-27)14-39(35,36)20-8-9-20/h1-7,10-11,17-18,20,23,25,33H,8-9,12-14H2,(H,30,31). The number of aliphatic hydroxyl groups excluding tert-OH is 1. The van der Waals surface area contributed by atoms with Crippen LogP contribution in [-0.2, 0) is 37.0 Å². The lowest BCUT2D eigenvalue weighted by Crippen LogP contribution is -2.53. The van der Waals surface area contributed by atoms with E-state index in [1.807, 2.05) is 12.2 Å². The normalized spacial score (nSPS) is 28.3. The minimum absolute atomic E-state index is 0.0159. The van der Waals surface area contributed by atoms with Crippen LogP contribution >= 0.6 is 0 Å². The van der Waals surface area contributed by atoms with Crippen LogP contribution in [0.15, 0.2) is 75.2 Å². The zero-order valence-electron chi connectivity index (χ0n) is 21.2. The molecule has 12 heteroatoms. The summed E-state index contributed by atoms with van der Waals surface area (Å²) in [5, 5.41) is 14.0. The fraction of sp³-hybridized carbons (Fsp3) is 0.357. The lowest BCUT2D eigenvalue weighted by atomic mass is 9.80. The van der Waals surface area contributed by atoms with Crippen LogP contribution in [0.2, 0.25) is 0 Å². The molecule has 2 aromatic carbocycles. The SMILES string of the molecule is O=C1C(C2=NS(=O)(=O)c3cc(CS(=O)(=O)C4CC4)ccc3N2)=C(O)C2C3C=CC(C3)C2N1Cc1ccc(F)cc1. The van der Waals surface area contributed by atoms with Gasteiger partial charge in [-0.2, -0.15) is 8.42 Å². The monoisotopic (exact) mass is 583 g/mol. The zero-order chi connectivity index (χ0) is 28.0. The first-order valence-corrected chi connectivity index (χ1v) is 16.3. The minimum Gasteiger partial charge on any atom is -0.511 e. The zero-order valence-corrected chi connectivity index (χ0v) is 22.8. The molecular weight excluding hydrogens is 557 g/mol. The van der Waals surface area contributed by atoms with Crippen LogP contribution in [0.4, 0.5) is 10.1 Å². The summed E-state index contributed by atoms with van der Waals surface area (Å²) in [4.78, 5) is 15.4. The Morgan fingerprint density at radius 3 is 2.48 bits per heavy atom. The third kappa shape index (κ3) is 4.07. The van der Waals surface area contributed by atoms with Crippen LogP contribution in [0.3, 0.4) is 0 Å². The number of sulfone groups is 1. The first kappa shape index (κ1) is 25.5. The second-order valence-corrected chi connectivity index (χ2v) is 15.0. The highest BCUT2D eigenvalue weighted by Crippen LogP contribution is 2.52. The number of hydrogen-bond donors (Lipinski definition) is 2. The topological polar surface area (TPSA) is 133 Å². The molecule has 2 aliphatic heterocycles. The molecule has 0 radical (unpaired) electrons. The van der Waals surface area contributed by atoms with Crippen molar-refractivity contribution >= 4 is 37.3 Å². The number of carbonyl (C=O) groups is 1. The number of anilines is 1. The maximum atomic E-state index is 14.0. The molecule has 1 amide bonds. The van der Waals surface area contributed by atoms with Gasteiger partial charge in [0.25, 0.3) is 15.9 Å². The average Bonchev–Trinajstić information content (AvgIpc) is 3.58. The van der Waals surface area contributed by atoms with Gasteiger partial charge in [-0.1, -0.05) is 30.4 Å². The third-order valence-corrected chi connectivity index (χ3v) is 12.1. The highest BCUT2D eigenvalue weighted by atomic mass is 32.2. The second-order valence-electron chi connectivity index (χ2n) is 11.2. The number of hydrogen-bond acceptors (Lipinski definition) is 7. The van der Waals surface area contributed by atoms with E-state index in [1.54, 1.807) is 23.1 Å². The average molecular weight is 584 g/mol. The van der Waals surface area contributed by atoms with Gasteiger partial charge in [0.05, 0.1) is 16.7 Å². The van der Waals surface area contributed by atoms with E-state index < -0.39 is 37.5 Å². The van der Waals surface area contributed by atoms with Gasteiger partial charge in [0.2, 0.25) is 0 Å². The molecule has 40 heavy (non-hydrogen) atoms. The van der Waals surface area contributed by atoms with Gasteiger partial charge in [0.1, 0.15) is 22.0 Å². The Bertz CT molecular complexity index is 1760. The van der Waals surface area contributed by atoms with Crippen molar-refractivity contribution in [2.45, 2.75) is 47.7 Å². The van der Waals surface area contributed by atoms with Crippen LogP contribution < -0.4 is 5.32 Å². The van der Waals surface area contributed by atoms with Gasteiger partial charge in [0.15, 0.2) is 15.7 Å². The summed E-state index contributed by atoms with van der Waals surface area (Å²) in [5.74, 6) is -2.10. The first-order chi connectivity index (χ1) is 19.0. The van der Waals surface area contributed by atoms with E-state index in [1.165, 1.54) is 24.3 Å². The van der Waals surface area contributed by atoms with E-state index in [0.717, 1.165) is 6.42 Å². The van der Waals surface area contributed by atoms with Crippen molar-refractivity contribution in [1.82, 2.24) is 4.90 Å². The summed E-state index contributed by atoms with van der Waals surface area (Å²) in [6, 6.07) is 9.80. The van der Waals surface area contributed by atoms with E-state index in [4.69, 9.17) is 0 Å². The van der Waals surface area contributed by atoms with E-state index in [9.17, 15) is 31.1 Å². The van der Waals surface area contributed by atoms with E-state index in [0.29, 0.717) is 24.0 Å². The number of amides is 1. The van der Waals surface area contributed by atoms with E-state index in [2.05, 4.69) is 9.71 Å². The third-order valence-electron chi connectivity index (χ3n) is 8.52. The molecule has 4 unspecified atom stereocenters. The molecule has 2 bridgehead atoms. The molecule has 2 aromatic rings. The number of amidine groups is 1. The van der Waals surface area contributed by atoms with Gasteiger partial charge in [-0.05, 0) is 66.5 Å². The van der Waals surface area contributed by atoms with Crippen molar-refractivity contribution in [2.24, 2.45) is 22.2 Å². The fourth-order valence-electron chi connectivity index (χ4n) is 6.51. The number of nitrogens with one attached hydrogen (secondary N) is 1. The predicted molar refractivity (Wildman–Crippen MR) is 145 cm³/mol. The van der Waals surface area contributed by atoms with Crippen LogP contribution in [0.1, 0.15) is 30.4 Å². The Kier molecular flexibility index (Phi) is 5.56. The number of sulfonamides is 1. The summed E-state index contributed by atoms with van der Waals surface area (Å²) in [7, 11) is -7.69. The Hall–Kier alpha value is -3.51. The Balaban J connectivity index is 1.26. The second kappa shape index (κ2) is 8.74. The lowest BCUT2D eigenvalue weighted by molar-refractivity contribution is -0.133. The summed E-state index contributed by atoms with van der Waals surface area (Å²) < 4.78 is 69.0. The van der Waals surface area contributed by atoms with Crippen LogP contribution in [0, 0.1) is 23.6 Å². The molecule has 5 aliphatic rings. The van der Waals surface area contributed by atoms with Gasteiger partial charge in [0, 0.05) is 18.5 Å². The highest BCUT2D eigenvalue weighted by molar-refractivity contribution is 7.91. The Morgan fingerprint density at radius 2 is 1.75 bits per heavy atom.